The van der Waals surface area contributed by atoms with Gasteiger partial charge in [-0.25, -0.2) is 5.06 Å². The van der Waals surface area contributed by atoms with E-state index in [-0.39, 0.29) is 37.1 Å². The Morgan fingerprint density at radius 3 is 2.58 bits per heavy atom. The van der Waals surface area contributed by atoms with Gasteiger partial charge in [0, 0.05) is 18.9 Å². The predicted molar refractivity (Wildman–Crippen MR) is 119 cm³/mol. The van der Waals surface area contributed by atoms with Gasteiger partial charge in [0.2, 0.25) is 5.91 Å². The molecule has 0 unspecified atom stereocenters. The van der Waals surface area contributed by atoms with Crippen LogP contribution in [0.3, 0.4) is 0 Å². The van der Waals surface area contributed by atoms with Crippen molar-refractivity contribution in [3.8, 4) is 5.75 Å². The minimum Gasteiger partial charge on any atom is -0.484 e. The maximum Gasteiger partial charge on any atom is 0.303 e. The number of benzene rings is 1. The number of rotatable bonds is 13. The van der Waals surface area contributed by atoms with E-state index in [1.165, 1.54) is 0 Å². The molecule has 0 aromatic heterocycles. The number of para-hydroxylation sites is 1. The molecule has 2 fully saturated rings. The molecular weight excluding hydrogens is 428 g/mol. The Morgan fingerprint density at radius 2 is 1.85 bits per heavy atom. The van der Waals surface area contributed by atoms with E-state index in [1.54, 1.807) is 24.3 Å². The molecule has 9 nitrogen and oxygen atoms in total. The lowest BCUT2D eigenvalue weighted by Gasteiger charge is -2.27. The molecule has 2 aliphatic heterocycles. The van der Waals surface area contributed by atoms with Gasteiger partial charge >= 0.3 is 5.97 Å². The van der Waals surface area contributed by atoms with Crippen LogP contribution < -0.4 is 10.1 Å². The van der Waals surface area contributed by atoms with Crippen LogP contribution in [0.4, 0.5) is 0 Å². The van der Waals surface area contributed by atoms with E-state index in [2.05, 4.69) is 11.4 Å². The van der Waals surface area contributed by atoms with Crippen LogP contribution in [0, 0.1) is 11.8 Å². The number of carbonyl (C=O) groups excluding carboxylic acids is 2. The van der Waals surface area contributed by atoms with E-state index in [4.69, 9.17) is 14.6 Å². The predicted octanol–water partition coefficient (Wildman–Crippen LogP) is 2.39. The minimum absolute atomic E-state index is 0.104. The standard InChI is InChI=1S/C24H32N2O7/c27-22(15-26(31)23(28)16-32-17-8-4-3-5-9-17)25-14-19-18(20-12-13-21(19)33-20)10-6-1-2-7-11-24(29)30/h1,3-6,8-9,18-21,31H,2,7,10-16H2,(H,25,27)(H,29,30)/b6-1-/t18-,19+,20-,21+/m0/s1. The highest BCUT2D eigenvalue weighted by molar-refractivity contribution is 5.84. The fourth-order valence-corrected chi connectivity index (χ4v) is 4.47. The molecule has 180 valence electrons. The van der Waals surface area contributed by atoms with E-state index in [9.17, 15) is 19.6 Å². The first-order valence-electron chi connectivity index (χ1n) is 11.4. The molecule has 0 spiro atoms. The third-order valence-electron chi connectivity index (χ3n) is 6.15. The molecule has 0 saturated carbocycles. The number of unbranched alkanes of at least 4 members (excludes halogenated alkanes) is 1. The number of hydroxylamine groups is 2. The van der Waals surface area contributed by atoms with Crippen LogP contribution in [0.1, 0.15) is 38.5 Å². The lowest BCUT2D eigenvalue weighted by Crippen LogP contribution is -2.44. The molecule has 1 aromatic rings. The smallest absolute Gasteiger partial charge is 0.303 e. The van der Waals surface area contributed by atoms with Gasteiger partial charge in [-0.15, -0.1) is 0 Å². The highest BCUT2D eigenvalue weighted by Gasteiger charge is 2.48. The van der Waals surface area contributed by atoms with Crippen molar-refractivity contribution in [1.82, 2.24) is 10.4 Å². The molecule has 2 bridgehead atoms. The zero-order valence-corrected chi connectivity index (χ0v) is 18.6. The third-order valence-corrected chi connectivity index (χ3v) is 6.15. The number of carboxylic acid groups (broad SMARTS) is 1. The quantitative estimate of drug-likeness (QED) is 0.179. The third kappa shape index (κ3) is 7.57. The first-order valence-corrected chi connectivity index (χ1v) is 11.4. The minimum atomic E-state index is -0.785. The zero-order chi connectivity index (χ0) is 23.6. The molecule has 33 heavy (non-hydrogen) atoms. The van der Waals surface area contributed by atoms with Gasteiger partial charge in [-0.3, -0.25) is 19.6 Å². The number of hydrogen-bond donors (Lipinski definition) is 3. The van der Waals surface area contributed by atoms with Gasteiger partial charge in [0.1, 0.15) is 12.3 Å². The molecule has 9 heteroatoms. The van der Waals surface area contributed by atoms with Crippen molar-refractivity contribution in [1.29, 1.82) is 0 Å². The molecule has 2 saturated heterocycles. The number of carboxylic acids is 1. The van der Waals surface area contributed by atoms with Gasteiger partial charge in [0.15, 0.2) is 6.61 Å². The van der Waals surface area contributed by atoms with Gasteiger partial charge in [0.05, 0.1) is 12.2 Å². The number of carbonyl (C=O) groups is 3. The van der Waals surface area contributed by atoms with Crippen molar-refractivity contribution in [2.24, 2.45) is 11.8 Å². The number of nitrogens with one attached hydrogen (secondary N) is 1. The summed E-state index contributed by atoms with van der Waals surface area (Å²) in [5.41, 5.74) is 0. The summed E-state index contributed by atoms with van der Waals surface area (Å²) in [6.45, 7) is -0.415. The van der Waals surface area contributed by atoms with E-state index >= 15 is 0 Å². The van der Waals surface area contributed by atoms with Crippen LogP contribution in [-0.2, 0) is 19.1 Å². The second-order valence-electron chi connectivity index (χ2n) is 8.47. The SMILES string of the molecule is O=C(O)CCC/C=C\C[C@H]1[C@@H](CNC(=O)CN(O)C(=O)COc2ccccc2)[C@H]2CC[C@@H]1O2. The molecule has 3 rings (SSSR count). The maximum atomic E-state index is 12.3. The average Bonchev–Trinajstić information content (AvgIpc) is 3.40. The summed E-state index contributed by atoms with van der Waals surface area (Å²) in [6, 6.07) is 8.75. The van der Waals surface area contributed by atoms with Crippen LogP contribution in [0.25, 0.3) is 0 Å². The summed E-state index contributed by atoms with van der Waals surface area (Å²) >= 11 is 0. The maximum absolute atomic E-state index is 12.3. The van der Waals surface area contributed by atoms with E-state index in [1.807, 2.05) is 12.1 Å². The second-order valence-corrected chi connectivity index (χ2v) is 8.47. The number of ether oxygens (including phenoxy) is 2. The normalized spacial score (nSPS) is 23.5. The molecule has 1 aromatic carbocycles. The Bertz CT molecular complexity index is 829. The fraction of sp³-hybridized carbons (Fsp3) is 0.542. The highest BCUT2D eigenvalue weighted by atomic mass is 16.5. The van der Waals surface area contributed by atoms with Crippen molar-refractivity contribution in [3.05, 3.63) is 42.5 Å². The topological polar surface area (TPSA) is 125 Å². The van der Waals surface area contributed by atoms with Gasteiger partial charge < -0.3 is 19.9 Å². The van der Waals surface area contributed by atoms with E-state index in [0.29, 0.717) is 23.8 Å². The number of amides is 2. The largest absolute Gasteiger partial charge is 0.484 e. The number of nitrogens with zero attached hydrogens (tertiary/aromatic N) is 1. The summed E-state index contributed by atoms with van der Waals surface area (Å²) in [7, 11) is 0. The van der Waals surface area contributed by atoms with Gasteiger partial charge in [-0.2, -0.15) is 0 Å². The molecule has 3 N–H and O–H groups in total. The number of aliphatic carboxylic acids is 1. The van der Waals surface area contributed by atoms with E-state index < -0.39 is 24.3 Å². The van der Waals surface area contributed by atoms with Crippen molar-refractivity contribution >= 4 is 17.8 Å². The van der Waals surface area contributed by atoms with E-state index in [0.717, 1.165) is 25.7 Å². The van der Waals surface area contributed by atoms with Crippen molar-refractivity contribution < 1.29 is 34.2 Å². The summed E-state index contributed by atoms with van der Waals surface area (Å²) < 4.78 is 11.3. The van der Waals surface area contributed by atoms with Crippen LogP contribution >= 0.6 is 0 Å². The van der Waals surface area contributed by atoms with Crippen LogP contribution in [0.2, 0.25) is 0 Å². The van der Waals surface area contributed by atoms with Crippen molar-refractivity contribution in [3.63, 3.8) is 0 Å². The molecule has 4 atom stereocenters. The van der Waals surface area contributed by atoms with Gasteiger partial charge in [-0.05, 0) is 50.2 Å². The number of hydrogen-bond acceptors (Lipinski definition) is 6. The Labute approximate surface area is 193 Å². The Hall–Kier alpha value is -2.91. The average molecular weight is 461 g/mol. The van der Waals surface area contributed by atoms with Crippen LogP contribution in [0.15, 0.2) is 42.5 Å². The summed E-state index contributed by atoms with van der Waals surface area (Å²) in [5.74, 6) is -0.986. The molecule has 2 aliphatic rings. The first-order chi connectivity index (χ1) is 15.9. The van der Waals surface area contributed by atoms with Crippen molar-refractivity contribution in [2.75, 3.05) is 19.7 Å². The molecule has 2 amide bonds. The summed E-state index contributed by atoms with van der Waals surface area (Å²) in [4.78, 5) is 34.9. The molecule has 0 aliphatic carbocycles. The fourth-order valence-electron chi connectivity index (χ4n) is 4.47. The Morgan fingerprint density at radius 1 is 1.12 bits per heavy atom. The lowest BCUT2D eigenvalue weighted by molar-refractivity contribution is -0.170. The molecular formula is C24H32N2O7. The van der Waals surface area contributed by atoms with Gasteiger partial charge in [-0.1, -0.05) is 30.4 Å². The molecule has 0 radical (unpaired) electrons. The monoisotopic (exact) mass is 460 g/mol. The lowest BCUT2D eigenvalue weighted by atomic mass is 9.77. The summed E-state index contributed by atoms with van der Waals surface area (Å²) in [5, 5.41) is 21.8. The summed E-state index contributed by atoms with van der Waals surface area (Å²) in [6.07, 6.45) is 8.66. The van der Waals surface area contributed by atoms with Crippen LogP contribution in [0.5, 0.6) is 5.75 Å². The Balaban J connectivity index is 1.39. The van der Waals surface area contributed by atoms with Crippen LogP contribution in [-0.4, -0.2) is 65.1 Å². The first kappa shape index (κ1) is 24.7. The number of allylic oxidation sites excluding steroid dienone is 2. The molecule has 2 heterocycles. The second kappa shape index (κ2) is 12.4. The van der Waals surface area contributed by atoms with Crippen molar-refractivity contribution in [2.45, 2.75) is 50.7 Å². The highest BCUT2D eigenvalue weighted by Crippen LogP contribution is 2.44. The zero-order valence-electron chi connectivity index (χ0n) is 18.6. The number of fused-ring (bicyclic) bond motifs is 2. The Kier molecular flexibility index (Phi) is 9.26. The van der Waals surface area contributed by atoms with Gasteiger partial charge in [0.25, 0.3) is 5.91 Å².